The molecule has 6 heteroatoms. The van der Waals surface area contributed by atoms with Gasteiger partial charge in [0.05, 0.1) is 5.69 Å². The van der Waals surface area contributed by atoms with E-state index in [0.29, 0.717) is 0 Å². The van der Waals surface area contributed by atoms with Crippen LogP contribution in [0.3, 0.4) is 0 Å². The molecule has 3 heterocycles. The summed E-state index contributed by atoms with van der Waals surface area (Å²) in [4.78, 5) is 21.5. The SMILES string of the molecule is Cc1n[nH]c(C)c1-c1cccc(C(=O)N2CCN(Cc3cccnc3)CC2)c1. The summed E-state index contributed by atoms with van der Waals surface area (Å²) in [5, 5.41) is 7.29. The minimum atomic E-state index is 0.0988. The van der Waals surface area contributed by atoms with E-state index < -0.39 is 0 Å². The number of piperazine rings is 1. The van der Waals surface area contributed by atoms with Crippen LogP contribution in [0, 0.1) is 13.8 Å². The third kappa shape index (κ3) is 3.82. The summed E-state index contributed by atoms with van der Waals surface area (Å²) >= 11 is 0. The lowest BCUT2D eigenvalue weighted by atomic mass is 10.0. The van der Waals surface area contributed by atoms with Gasteiger partial charge >= 0.3 is 0 Å². The lowest BCUT2D eigenvalue weighted by molar-refractivity contribution is 0.0628. The molecule has 1 N–H and O–H groups in total. The number of hydrogen-bond donors (Lipinski definition) is 1. The highest BCUT2D eigenvalue weighted by molar-refractivity contribution is 5.95. The smallest absolute Gasteiger partial charge is 0.253 e. The van der Waals surface area contributed by atoms with Gasteiger partial charge in [0.25, 0.3) is 5.91 Å². The molecule has 6 nitrogen and oxygen atoms in total. The molecule has 1 saturated heterocycles. The van der Waals surface area contributed by atoms with Crippen molar-refractivity contribution in [3.8, 4) is 11.1 Å². The molecule has 1 aromatic carbocycles. The van der Waals surface area contributed by atoms with Crippen LogP contribution in [0.2, 0.25) is 0 Å². The van der Waals surface area contributed by atoms with Crippen LogP contribution in [0.15, 0.2) is 48.8 Å². The Morgan fingerprint density at radius 2 is 1.93 bits per heavy atom. The van der Waals surface area contributed by atoms with E-state index >= 15 is 0 Å². The number of benzene rings is 1. The number of aryl methyl sites for hydroxylation is 2. The van der Waals surface area contributed by atoms with Gasteiger partial charge in [-0.05, 0) is 43.2 Å². The molecule has 0 aliphatic carbocycles. The Labute approximate surface area is 165 Å². The summed E-state index contributed by atoms with van der Waals surface area (Å²) in [5.41, 5.74) is 6.03. The number of nitrogens with zero attached hydrogens (tertiary/aromatic N) is 4. The monoisotopic (exact) mass is 375 g/mol. The maximum atomic E-state index is 13.0. The molecule has 1 fully saturated rings. The van der Waals surface area contributed by atoms with Crippen molar-refractivity contribution in [2.45, 2.75) is 20.4 Å². The van der Waals surface area contributed by atoms with Crippen molar-refractivity contribution in [3.63, 3.8) is 0 Å². The fourth-order valence-electron chi connectivity index (χ4n) is 3.83. The zero-order valence-corrected chi connectivity index (χ0v) is 16.4. The van der Waals surface area contributed by atoms with Crippen molar-refractivity contribution in [3.05, 3.63) is 71.3 Å². The first-order valence-corrected chi connectivity index (χ1v) is 9.64. The highest BCUT2D eigenvalue weighted by Crippen LogP contribution is 2.26. The van der Waals surface area contributed by atoms with E-state index in [0.717, 1.165) is 60.8 Å². The lowest BCUT2D eigenvalue weighted by Gasteiger charge is -2.34. The Kier molecular flexibility index (Phi) is 5.21. The van der Waals surface area contributed by atoms with Crippen molar-refractivity contribution in [1.29, 1.82) is 0 Å². The fraction of sp³-hybridized carbons (Fsp3) is 0.318. The van der Waals surface area contributed by atoms with E-state index in [9.17, 15) is 4.79 Å². The van der Waals surface area contributed by atoms with Gasteiger partial charge in [0, 0.05) is 61.9 Å². The van der Waals surface area contributed by atoms with E-state index in [1.807, 2.05) is 55.3 Å². The fourth-order valence-corrected chi connectivity index (χ4v) is 3.83. The highest BCUT2D eigenvalue weighted by Gasteiger charge is 2.22. The van der Waals surface area contributed by atoms with Crippen LogP contribution in [0.25, 0.3) is 11.1 Å². The summed E-state index contributed by atoms with van der Waals surface area (Å²) in [5.74, 6) is 0.0988. The maximum absolute atomic E-state index is 13.0. The predicted octanol–water partition coefficient (Wildman–Crippen LogP) is 3.05. The van der Waals surface area contributed by atoms with Gasteiger partial charge in [0.15, 0.2) is 0 Å². The molecule has 28 heavy (non-hydrogen) atoms. The number of hydrogen-bond acceptors (Lipinski definition) is 4. The molecule has 1 amide bonds. The van der Waals surface area contributed by atoms with Crippen molar-refractivity contribution in [1.82, 2.24) is 25.0 Å². The Morgan fingerprint density at radius 1 is 1.11 bits per heavy atom. The molecule has 0 spiro atoms. The van der Waals surface area contributed by atoms with Crippen LogP contribution < -0.4 is 0 Å². The molecular formula is C22H25N5O. The van der Waals surface area contributed by atoms with E-state index in [2.05, 4.69) is 26.1 Å². The molecule has 144 valence electrons. The van der Waals surface area contributed by atoms with Gasteiger partial charge in [0.1, 0.15) is 0 Å². The highest BCUT2D eigenvalue weighted by atomic mass is 16.2. The van der Waals surface area contributed by atoms with Gasteiger partial charge in [-0.25, -0.2) is 0 Å². The van der Waals surface area contributed by atoms with Crippen LogP contribution in [-0.4, -0.2) is 57.1 Å². The average molecular weight is 375 g/mol. The van der Waals surface area contributed by atoms with Crippen LogP contribution in [0.4, 0.5) is 0 Å². The topological polar surface area (TPSA) is 65.1 Å². The zero-order valence-electron chi connectivity index (χ0n) is 16.4. The summed E-state index contributed by atoms with van der Waals surface area (Å²) in [6.45, 7) is 8.10. The first-order valence-electron chi connectivity index (χ1n) is 9.64. The molecule has 3 aromatic rings. The summed E-state index contributed by atoms with van der Waals surface area (Å²) in [6.07, 6.45) is 3.70. The quantitative estimate of drug-likeness (QED) is 0.761. The molecule has 2 aromatic heterocycles. The minimum absolute atomic E-state index is 0.0988. The molecular weight excluding hydrogens is 350 g/mol. The number of carbonyl (C=O) groups is 1. The Bertz CT molecular complexity index is 939. The van der Waals surface area contributed by atoms with E-state index in [1.165, 1.54) is 5.56 Å². The van der Waals surface area contributed by atoms with E-state index in [1.54, 1.807) is 6.20 Å². The number of pyridine rings is 1. The van der Waals surface area contributed by atoms with Gasteiger partial charge in [0.2, 0.25) is 0 Å². The number of nitrogens with one attached hydrogen (secondary N) is 1. The third-order valence-electron chi connectivity index (χ3n) is 5.31. The van der Waals surface area contributed by atoms with Gasteiger partial charge < -0.3 is 4.90 Å². The molecule has 0 atom stereocenters. The number of aromatic amines is 1. The number of amides is 1. The van der Waals surface area contributed by atoms with Gasteiger partial charge in [-0.3, -0.25) is 19.8 Å². The zero-order chi connectivity index (χ0) is 19.5. The average Bonchev–Trinajstić information content (AvgIpc) is 3.07. The maximum Gasteiger partial charge on any atom is 0.253 e. The van der Waals surface area contributed by atoms with E-state index in [4.69, 9.17) is 0 Å². The Hall–Kier alpha value is -2.99. The standard InChI is InChI=1S/C22H25N5O/c1-16-21(17(2)25-24-16)19-6-3-7-20(13-19)22(28)27-11-9-26(10-12-27)15-18-5-4-8-23-14-18/h3-8,13-14H,9-12,15H2,1-2H3,(H,24,25). The molecule has 0 unspecified atom stereocenters. The third-order valence-corrected chi connectivity index (χ3v) is 5.31. The van der Waals surface area contributed by atoms with Crippen LogP contribution >= 0.6 is 0 Å². The Balaban J connectivity index is 1.42. The van der Waals surface area contributed by atoms with Crippen LogP contribution in [-0.2, 0) is 6.54 Å². The first kappa shape index (κ1) is 18.4. The van der Waals surface area contributed by atoms with Crippen LogP contribution in [0.5, 0.6) is 0 Å². The molecule has 4 rings (SSSR count). The van der Waals surface area contributed by atoms with Gasteiger partial charge in [-0.2, -0.15) is 5.10 Å². The predicted molar refractivity (Wildman–Crippen MR) is 109 cm³/mol. The van der Waals surface area contributed by atoms with Crippen molar-refractivity contribution in [2.75, 3.05) is 26.2 Å². The largest absolute Gasteiger partial charge is 0.336 e. The number of aromatic nitrogens is 3. The lowest BCUT2D eigenvalue weighted by Crippen LogP contribution is -2.48. The summed E-state index contributed by atoms with van der Waals surface area (Å²) in [7, 11) is 0. The van der Waals surface area contributed by atoms with Crippen molar-refractivity contribution in [2.24, 2.45) is 0 Å². The molecule has 1 aliphatic heterocycles. The second-order valence-corrected chi connectivity index (χ2v) is 7.32. The van der Waals surface area contributed by atoms with E-state index in [-0.39, 0.29) is 5.91 Å². The Morgan fingerprint density at radius 3 is 2.61 bits per heavy atom. The van der Waals surface area contributed by atoms with Crippen molar-refractivity contribution < 1.29 is 4.79 Å². The van der Waals surface area contributed by atoms with Crippen LogP contribution in [0.1, 0.15) is 27.3 Å². The summed E-state index contributed by atoms with van der Waals surface area (Å²) < 4.78 is 0. The number of rotatable bonds is 4. The molecule has 0 saturated carbocycles. The number of carbonyl (C=O) groups excluding carboxylic acids is 1. The second-order valence-electron chi connectivity index (χ2n) is 7.32. The minimum Gasteiger partial charge on any atom is -0.336 e. The number of H-pyrrole nitrogens is 1. The first-order chi connectivity index (χ1) is 13.6. The summed E-state index contributed by atoms with van der Waals surface area (Å²) in [6, 6.07) is 11.9. The molecule has 1 aliphatic rings. The molecule has 0 bridgehead atoms. The molecule has 0 radical (unpaired) electrons. The van der Waals surface area contributed by atoms with Gasteiger partial charge in [-0.1, -0.05) is 18.2 Å². The normalized spacial score (nSPS) is 15.0. The van der Waals surface area contributed by atoms with Gasteiger partial charge in [-0.15, -0.1) is 0 Å². The second kappa shape index (κ2) is 7.94. The van der Waals surface area contributed by atoms with Crippen molar-refractivity contribution >= 4 is 5.91 Å².